The average Bonchev–Trinajstić information content (AvgIpc) is 3.14. The molecule has 1 aliphatic rings. The molecule has 132 valence electrons. The molecule has 5 nitrogen and oxygen atoms in total. The molecule has 1 saturated heterocycles. The Hall–Kier alpha value is -2.20. The first-order chi connectivity index (χ1) is 12.5. The minimum atomic E-state index is -0.613. The Morgan fingerprint density at radius 2 is 1.92 bits per heavy atom. The Kier molecular flexibility index (Phi) is 5.72. The first kappa shape index (κ1) is 18.6. The maximum Gasteiger partial charge on any atom is 0.256 e. The zero-order valence-corrected chi connectivity index (χ0v) is 15.7. The van der Waals surface area contributed by atoms with Gasteiger partial charge in [0.1, 0.15) is 6.04 Å². The number of thioether (sulfide) groups is 1. The summed E-state index contributed by atoms with van der Waals surface area (Å²) in [5, 5.41) is 12.1. The minimum absolute atomic E-state index is 0.183. The third-order valence-electron chi connectivity index (χ3n) is 3.91. The Balaban J connectivity index is 1.76. The largest absolute Gasteiger partial charge is 0.324 e. The lowest BCUT2D eigenvalue weighted by atomic mass is 10.1. The van der Waals surface area contributed by atoms with Gasteiger partial charge in [0.15, 0.2) is 0 Å². The molecule has 1 heterocycles. The number of carbonyl (C=O) groups is 2. The zero-order valence-electron chi connectivity index (χ0n) is 13.4. The summed E-state index contributed by atoms with van der Waals surface area (Å²) in [6.45, 7) is 0. The van der Waals surface area contributed by atoms with E-state index in [1.165, 1.54) is 16.7 Å². The van der Waals surface area contributed by atoms with Crippen molar-refractivity contribution in [2.24, 2.45) is 0 Å². The van der Waals surface area contributed by atoms with E-state index in [0.717, 1.165) is 0 Å². The van der Waals surface area contributed by atoms with Crippen molar-refractivity contribution in [2.45, 2.75) is 6.04 Å². The van der Waals surface area contributed by atoms with Crippen LogP contribution >= 0.6 is 35.0 Å². The van der Waals surface area contributed by atoms with Gasteiger partial charge in [0, 0.05) is 11.4 Å². The van der Waals surface area contributed by atoms with Gasteiger partial charge in [0.05, 0.1) is 33.1 Å². The standard InChI is InChI=1S/C18H13Cl2N3O2S/c19-14-3-1-2-13(16(14)20)18(25)23-10-26-9-15(23)17(24)22-12-6-4-11(8-21)5-7-12/h1-7,15H,9-10H2,(H,22,24). The molecule has 26 heavy (non-hydrogen) atoms. The average molecular weight is 406 g/mol. The molecule has 2 aromatic rings. The van der Waals surface area contributed by atoms with Crippen molar-refractivity contribution in [3.8, 4) is 6.07 Å². The molecular weight excluding hydrogens is 393 g/mol. The SMILES string of the molecule is N#Cc1ccc(NC(=O)C2CSCN2C(=O)c2cccc(Cl)c2Cl)cc1. The summed E-state index contributed by atoms with van der Waals surface area (Å²) < 4.78 is 0. The fraction of sp³-hybridized carbons (Fsp3) is 0.167. The normalized spacial score (nSPS) is 16.2. The number of nitrogens with zero attached hydrogens (tertiary/aromatic N) is 2. The fourth-order valence-corrected chi connectivity index (χ4v) is 4.07. The third-order valence-corrected chi connectivity index (χ3v) is 5.74. The maximum absolute atomic E-state index is 12.8. The number of halogens is 2. The Labute approximate surface area is 164 Å². The van der Waals surface area contributed by atoms with E-state index < -0.39 is 6.04 Å². The summed E-state index contributed by atoms with van der Waals surface area (Å²) in [4.78, 5) is 26.9. The van der Waals surface area contributed by atoms with Crippen LogP contribution in [-0.4, -0.2) is 34.4 Å². The second-order valence-corrected chi connectivity index (χ2v) is 7.36. The second-order valence-electron chi connectivity index (χ2n) is 5.57. The summed E-state index contributed by atoms with van der Waals surface area (Å²) in [6.07, 6.45) is 0. The zero-order chi connectivity index (χ0) is 18.7. The van der Waals surface area contributed by atoms with E-state index in [1.807, 2.05) is 6.07 Å². The molecule has 1 N–H and O–H groups in total. The molecule has 1 fully saturated rings. The van der Waals surface area contributed by atoms with E-state index in [4.69, 9.17) is 28.5 Å². The van der Waals surface area contributed by atoms with Crippen molar-refractivity contribution in [1.82, 2.24) is 4.90 Å². The molecule has 1 unspecified atom stereocenters. The number of nitriles is 1. The smallest absolute Gasteiger partial charge is 0.256 e. The molecule has 0 aliphatic carbocycles. The second kappa shape index (κ2) is 8.00. The van der Waals surface area contributed by atoms with Gasteiger partial charge in [-0.1, -0.05) is 29.3 Å². The molecule has 8 heteroatoms. The van der Waals surface area contributed by atoms with Crippen LogP contribution in [0.2, 0.25) is 10.0 Å². The van der Waals surface area contributed by atoms with Crippen LogP contribution in [0.25, 0.3) is 0 Å². The summed E-state index contributed by atoms with van der Waals surface area (Å²) in [7, 11) is 0. The van der Waals surface area contributed by atoms with E-state index in [2.05, 4.69) is 5.32 Å². The van der Waals surface area contributed by atoms with Gasteiger partial charge in [0.25, 0.3) is 5.91 Å². The lowest BCUT2D eigenvalue weighted by molar-refractivity contribution is -0.119. The Morgan fingerprint density at radius 1 is 1.19 bits per heavy atom. The highest BCUT2D eigenvalue weighted by molar-refractivity contribution is 7.99. The molecule has 0 spiro atoms. The lowest BCUT2D eigenvalue weighted by Gasteiger charge is -2.23. The molecule has 1 atom stereocenters. The van der Waals surface area contributed by atoms with Crippen molar-refractivity contribution >= 4 is 52.5 Å². The molecule has 0 aromatic heterocycles. The molecule has 0 bridgehead atoms. The molecule has 3 rings (SSSR count). The molecule has 0 saturated carbocycles. The van der Waals surface area contributed by atoms with Gasteiger partial charge in [0.2, 0.25) is 5.91 Å². The van der Waals surface area contributed by atoms with Gasteiger partial charge in [-0.25, -0.2) is 0 Å². The fourth-order valence-electron chi connectivity index (χ4n) is 2.54. The van der Waals surface area contributed by atoms with Gasteiger partial charge in [-0.15, -0.1) is 11.8 Å². The first-order valence-electron chi connectivity index (χ1n) is 7.65. The predicted molar refractivity (Wildman–Crippen MR) is 104 cm³/mol. The van der Waals surface area contributed by atoms with Crippen LogP contribution in [0.1, 0.15) is 15.9 Å². The highest BCUT2D eigenvalue weighted by atomic mass is 35.5. The van der Waals surface area contributed by atoms with E-state index in [-0.39, 0.29) is 22.4 Å². The summed E-state index contributed by atoms with van der Waals surface area (Å²) in [5.74, 6) is 0.271. The van der Waals surface area contributed by atoms with Crippen LogP contribution < -0.4 is 5.32 Å². The van der Waals surface area contributed by atoms with Gasteiger partial charge in [-0.2, -0.15) is 5.26 Å². The van der Waals surface area contributed by atoms with Crippen molar-refractivity contribution in [2.75, 3.05) is 16.9 Å². The van der Waals surface area contributed by atoms with E-state index in [1.54, 1.807) is 42.5 Å². The summed E-state index contributed by atoms with van der Waals surface area (Å²) in [5.41, 5.74) is 1.35. The van der Waals surface area contributed by atoms with E-state index >= 15 is 0 Å². The van der Waals surface area contributed by atoms with Gasteiger partial charge in [-0.3, -0.25) is 9.59 Å². The quantitative estimate of drug-likeness (QED) is 0.836. The van der Waals surface area contributed by atoms with Crippen LogP contribution in [0.4, 0.5) is 5.69 Å². The first-order valence-corrected chi connectivity index (χ1v) is 9.56. The Bertz CT molecular complexity index is 896. The van der Waals surface area contributed by atoms with Gasteiger partial charge < -0.3 is 10.2 Å². The molecule has 1 aliphatic heterocycles. The van der Waals surface area contributed by atoms with E-state index in [0.29, 0.717) is 27.9 Å². The van der Waals surface area contributed by atoms with E-state index in [9.17, 15) is 9.59 Å². The van der Waals surface area contributed by atoms with Crippen LogP contribution in [0.15, 0.2) is 42.5 Å². The number of nitrogens with one attached hydrogen (secondary N) is 1. The third kappa shape index (κ3) is 3.80. The monoisotopic (exact) mass is 405 g/mol. The summed E-state index contributed by atoms with van der Waals surface area (Å²) >= 11 is 13.6. The number of carbonyl (C=O) groups excluding carboxylic acids is 2. The predicted octanol–water partition coefficient (Wildman–Crippen LogP) is 4.02. The molecule has 0 radical (unpaired) electrons. The molecule has 2 aromatic carbocycles. The molecular formula is C18H13Cl2N3O2S. The van der Waals surface area contributed by atoms with Crippen LogP contribution in [0, 0.1) is 11.3 Å². The van der Waals surface area contributed by atoms with Crippen molar-refractivity contribution in [3.63, 3.8) is 0 Å². The summed E-state index contributed by atoms with van der Waals surface area (Å²) in [6, 6.07) is 12.8. The lowest BCUT2D eigenvalue weighted by Crippen LogP contribution is -2.44. The van der Waals surface area contributed by atoms with Gasteiger partial charge in [-0.05, 0) is 36.4 Å². The number of benzene rings is 2. The van der Waals surface area contributed by atoms with Crippen molar-refractivity contribution in [3.05, 3.63) is 63.6 Å². The number of hydrogen-bond acceptors (Lipinski definition) is 4. The highest BCUT2D eigenvalue weighted by Gasteiger charge is 2.36. The van der Waals surface area contributed by atoms with Crippen LogP contribution in [0.5, 0.6) is 0 Å². The van der Waals surface area contributed by atoms with Crippen molar-refractivity contribution < 1.29 is 9.59 Å². The maximum atomic E-state index is 12.8. The number of amides is 2. The molecule has 2 amide bonds. The number of rotatable bonds is 3. The van der Waals surface area contributed by atoms with Gasteiger partial charge >= 0.3 is 0 Å². The highest BCUT2D eigenvalue weighted by Crippen LogP contribution is 2.30. The Morgan fingerprint density at radius 3 is 2.62 bits per heavy atom. The number of anilines is 1. The van der Waals surface area contributed by atoms with Crippen molar-refractivity contribution in [1.29, 1.82) is 5.26 Å². The van der Waals surface area contributed by atoms with Crippen LogP contribution in [-0.2, 0) is 4.79 Å². The topological polar surface area (TPSA) is 73.2 Å². The minimum Gasteiger partial charge on any atom is -0.324 e. The van der Waals surface area contributed by atoms with Crippen LogP contribution in [0.3, 0.4) is 0 Å². The number of hydrogen-bond donors (Lipinski definition) is 1.